The normalized spacial score (nSPS) is 12.8. The number of aromatic nitrogens is 2. The molecule has 0 saturated carbocycles. The highest BCUT2D eigenvalue weighted by Crippen LogP contribution is 2.29. The molecule has 2 aromatic heterocycles. The van der Waals surface area contributed by atoms with Crippen LogP contribution < -0.4 is 11.3 Å². The maximum atomic E-state index is 6.40. The molecule has 0 aliphatic heterocycles. The van der Waals surface area contributed by atoms with Gasteiger partial charge in [-0.15, -0.1) is 11.3 Å². The summed E-state index contributed by atoms with van der Waals surface area (Å²) >= 11 is 8.20. The first-order valence-corrected chi connectivity index (χ1v) is 8.05. The fourth-order valence-electron chi connectivity index (χ4n) is 2.25. The van der Waals surface area contributed by atoms with Gasteiger partial charge in [0.25, 0.3) is 0 Å². The summed E-state index contributed by atoms with van der Waals surface area (Å²) < 4.78 is 1.86. The van der Waals surface area contributed by atoms with Crippen molar-refractivity contribution in [1.29, 1.82) is 0 Å². The molecule has 0 aliphatic rings. The summed E-state index contributed by atoms with van der Waals surface area (Å²) in [5.74, 6) is 5.73. The van der Waals surface area contributed by atoms with Crippen LogP contribution in [0.5, 0.6) is 0 Å². The van der Waals surface area contributed by atoms with Crippen molar-refractivity contribution in [3.63, 3.8) is 0 Å². The van der Waals surface area contributed by atoms with Crippen LogP contribution in [0.2, 0.25) is 5.02 Å². The third-order valence-electron chi connectivity index (χ3n) is 3.48. The minimum atomic E-state index is 0.0675. The number of thiophene rings is 1. The average molecular weight is 313 g/mol. The van der Waals surface area contributed by atoms with Gasteiger partial charge in [0.1, 0.15) is 0 Å². The number of nitrogens with zero attached hydrogens (tertiary/aromatic N) is 2. The van der Waals surface area contributed by atoms with Crippen molar-refractivity contribution < 1.29 is 0 Å². The van der Waals surface area contributed by atoms with E-state index >= 15 is 0 Å². The summed E-state index contributed by atoms with van der Waals surface area (Å²) in [6.07, 6.45) is 2.63. The van der Waals surface area contributed by atoms with Crippen LogP contribution in [0, 0.1) is 0 Å². The third-order valence-corrected chi connectivity index (χ3v) is 5.26. The Morgan fingerprint density at radius 3 is 2.65 bits per heavy atom. The van der Waals surface area contributed by atoms with Crippen LogP contribution in [0.15, 0.2) is 12.1 Å². The smallest absolute Gasteiger partial charge is 0.0850 e. The number of hydrazine groups is 1. The zero-order valence-electron chi connectivity index (χ0n) is 12.1. The highest BCUT2D eigenvalue weighted by Gasteiger charge is 2.19. The summed E-state index contributed by atoms with van der Waals surface area (Å²) in [5, 5.41) is 5.22. The molecule has 1 atom stereocenters. The Bertz CT molecular complexity index is 576. The van der Waals surface area contributed by atoms with Gasteiger partial charge < -0.3 is 0 Å². The van der Waals surface area contributed by atoms with Gasteiger partial charge in [-0.05, 0) is 25.0 Å². The maximum absolute atomic E-state index is 6.40. The van der Waals surface area contributed by atoms with E-state index in [4.69, 9.17) is 17.4 Å². The van der Waals surface area contributed by atoms with Gasteiger partial charge in [-0.1, -0.05) is 25.4 Å². The van der Waals surface area contributed by atoms with E-state index in [1.54, 1.807) is 11.3 Å². The van der Waals surface area contributed by atoms with E-state index in [9.17, 15) is 0 Å². The molecular formula is C14H21ClN4S. The molecule has 0 bridgehead atoms. The zero-order valence-corrected chi connectivity index (χ0v) is 13.7. The SMILES string of the molecule is CCc1ccc(C(Cc2c(Cl)c(CC)nn2C)NN)s1. The summed E-state index contributed by atoms with van der Waals surface area (Å²) in [4.78, 5) is 2.60. The lowest BCUT2D eigenvalue weighted by Gasteiger charge is -2.14. The number of nitrogens with one attached hydrogen (secondary N) is 1. The quantitative estimate of drug-likeness (QED) is 0.637. The monoisotopic (exact) mass is 312 g/mol. The summed E-state index contributed by atoms with van der Waals surface area (Å²) in [5.41, 5.74) is 4.87. The van der Waals surface area contributed by atoms with Gasteiger partial charge in [0.15, 0.2) is 0 Å². The first kappa shape index (κ1) is 15.5. The van der Waals surface area contributed by atoms with Crippen molar-refractivity contribution in [3.05, 3.63) is 38.3 Å². The standard InChI is InChI=1S/C14H21ClN4S/c1-4-9-6-7-13(20-9)11(17-16)8-12-14(15)10(5-2)18-19(12)3/h6-7,11,17H,4-5,8,16H2,1-3H3. The first-order valence-electron chi connectivity index (χ1n) is 6.85. The van der Waals surface area contributed by atoms with Crippen LogP contribution in [0.4, 0.5) is 0 Å². The molecular weight excluding hydrogens is 292 g/mol. The Morgan fingerprint density at radius 2 is 2.15 bits per heavy atom. The fourth-order valence-corrected chi connectivity index (χ4v) is 3.63. The number of rotatable bonds is 6. The molecule has 0 aliphatic carbocycles. The van der Waals surface area contributed by atoms with E-state index in [0.29, 0.717) is 0 Å². The Labute approximate surface area is 128 Å². The molecule has 4 nitrogen and oxygen atoms in total. The molecule has 0 aromatic carbocycles. The lowest BCUT2D eigenvalue weighted by atomic mass is 10.1. The van der Waals surface area contributed by atoms with Gasteiger partial charge >= 0.3 is 0 Å². The van der Waals surface area contributed by atoms with E-state index in [-0.39, 0.29) is 6.04 Å². The van der Waals surface area contributed by atoms with E-state index in [1.165, 1.54) is 9.75 Å². The molecule has 1 unspecified atom stereocenters. The summed E-state index contributed by atoms with van der Waals surface area (Å²) in [6, 6.07) is 4.36. The predicted molar refractivity (Wildman–Crippen MR) is 85.1 cm³/mol. The van der Waals surface area contributed by atoms with Gasteiger partial charge in [0, 0.05) is 23.2 Å². The van der Waals surface area contributed by atoms with Crippen molar-refractivity contribution >= 4 is 22.9 Å². The van der Waals surface area contributed by atoms with Crippen molar-refractivity contribution in [2.24, 2.45) is 12.9 Å². The van der Waals surface area contributed by atoms with Crippen molar-refractivity contribution in [2.45, 2.75) is 39.2 Å². The molecule has 2 rings (SSSR count). The molecule has 0 radical (unpaired) electrons. The Morgan fingerprint density at radius 1 is 1.40 bits per heavy atom. The Kier molecular flexibility index (Phi) is 5.21. The second-order valence-corrected chi connectivity index (χ2v) is 6.34. The highest BCUT2D eigenvalue weighted by atomic mass is 35.5. The number of aryl methyl sites for hydroxylation is 3. The van der Waals surface area contributed by atoms with E-state index in [2.05, 4.69) is 36.5 Å². The van der Waals surface area contributed by atoms with Crippen LogP contribution in [-0.4, -0.2) is 9.78 Å². The van der Waals surface area contributed by atoms with Crippen LogP contribution >= 0.6 is 22.9 Å². The molecule has 0 saturated heterocycles. The van der Waals surface area contributed by atoms with E-state index in [1.807, 2.05) is 11.7 Å². The molecule has 0 fully saturated rings. The molecule has 20 heavy (non-hydrogen) atoms. The molecule has 2 heterocycles. The number of halogens is 1. The molecule has 2 aromatic rings. The van der Waals surface area contributed by atoms with Crippen LogP contribution in [0.1, 0.15) is 41.0 Å². The Balaban J connectivity index is 2.24. The van der Waals surface area contributed by atoms with Crippen molar-refractivity contribution in [3.8, 4) is 0 Å². The number of hydrogen-bond donors (Lipinski definition) is 2. The molecule has 6 heteroatoms. The lowest BCUT2D eigenvalue weighted by molar-refractivity contribution is 0.537. The maximum Gasteiger partial charge on any atom is 0.0850 e. The average Bonchev–Trinajstić information content (AvgIpc) is 3.02. The number of hydrogen-bond acceptors (Lipinski definition) is 4. The largest absolute Gasteiger partial charge is 0.271 e. The fraction of sp³-hybridized carbons (Fsp3) is 0.500. The van der Waals surface area contributed by atoms with Crippen LogP contribution in [0.3, 0.4) is 0 Å². The Hall–Kier alpha value is -0.880. The van der Waals surface area contributed by atoms with E-state index in [0.717, 1.165) is 35.7 Å². The van der Waals surface area contributed by atoms with Gasteiger partial charge in [0.2, 0.25) is 0 Å². The van der Waals surface area contributed by atoms with Gasteiger partial charge in [-0.3, -0.25) is 16.0 Å². The highest BCUT2D eigenvalue weighted by molar-refractivity contribution is 7.12. The first-order chi connectivity index (χ1) is 9.60. The predicted octanol–water partition coefficient (Wildman–Crippen LogP) is 3.01. The lowest BCUT2D eigenvalue weighted by Crippen LogP contribution is -2.29. The van der Waals surface area contributed by atoms with Gasteiger partial charge in [0.05, 0.1) is 22.5 Å². The topological polar surface area (TPSA) is 55.9 Å². The van der Waals surface area contributed by atoms with E-state index < -0.39 is 0 Å². The summed E-state index contributed by atoms with van der Waals surface area (Å²) in [7, 11) is 1.93. The molecule has 110 valence electrons. The molecule has 0 spiro atoms. The zero-order chi connectivity index (χ0) is 14.7. The van der Waals surface area contributed by atoms with Crippen molar-refractivity contribution in [1.82, 2.24) is 15.2 Å². The van der Waals surface area contributed by atoms with Gasteiger partial charge in [-0.2, -0.15) is 5.10 Å². The number of nitrogens with two attached hydrogens (primary N) is 1. The second kappa shape index (κ2) is 6.72. The minimum Gasteiger partial charge on any atom is -0.271 e. The van der Waals surface area contributed by atoms with Crippen LogP contribution in [0.25, 0.3) is 0 Å². The van der Waals surface area contributed by atoms with Gasteiger partial charge in [-0.25, -0.2) is 0 Å². The summed E-state index contributed by atoms with van der Waals surface area (Å²) in [6.45, 7) is 4.22. The van der Waals surface area contributed by atoms with Crippen LogP contribution in [-0.2, 0) is 26.3 Å². The third kappa shape index (κ3) is 3.06. The molecule has 3 N–H and O–H groups in total. The molecule has 0 amide bonds. The second-order valence-electron chi connectivity index (χ2n) is 4.77. The van der Waals surface area contributed by atoms with Crippen molar-refractivity contribution in [2.75, 3.05) is 0 Å². The minimum absolute atomic E-state index is 0.0675.